The highest BCUT2D eigenvalue weighted by Crippen LogP contribution is 2.27. The van der Waals surface area contributed by atoms with E-state index in [-0.39, 0.29) is 5.56 Å². The van der Waals surface area contributed by atoms with Gasteiger partial charge in [0.1, 0.15) is 9.71 Å². The van der Waals surface area contributed by atoms with E-state index >= 15 is 0 Å². The molecule has 0 amide bonds. The highest BCUT2D eigenvalue weighted by Gasteiger charge is 2.21. The molecule has 0 radical (unpaired) electrons. The number of nitrogens with one attached hydrogen (secondary N) is 1. The number of carbonyl (C=O) groups is 1. The molecule has 0 aliphatic carbocycles. The Labute approximate surface area is 146 Å². The number of aromatic amines is 1. The van der Waals surface area contributed by atoms with Gasteiger partial charge in [0.25, 0.3) is 5.56 Å². The van der Waals surface area contributed by atoms with E-state index in [0.29, 0.717) is 26.6 Å². The van der Waals surface area contributed by atoms with Crippen molar-refractivity contribution < 1.29 is 9.53 Å². The topological polar surface area (TPSA) is 84.9 Å². The molecule has 24 heavy (non-hydrogen) atoms. The number of carbonyl (C=O) groups excluding carboxylic acids is 1. The summed E-state index contributed by atoms with van der Waals surface area (Å²) in [5.74, 6) is -0.104. The molecule has 3 rings (SSSR count). The maximum Gasteiger partial charge on any atom is 0.350 e. The fourth-order valence-corrected chi connectivity index (χ4v) is 4.29. The SMILES string of the molecule is Cc1nc(C)c(C(=O)OC(C)c2nc3sc(C)c(C)c3c(=O)[nH]2)s1. The van der Waals surface area contributed by atoms with E-state index in [2.05, 4.69) is 15.0 Å². The highest BCUT2D eigenvalue weighted by molar-refractivity contribution is 7.18. The number of hydrogen-bond donors (Lipinski definition) is 1. The molecular weight excluding hydrogens is 346 g/mol. The van der Waals surface area contributed by atoms with Gasteiger partial charge in [-0.05, 0) is 40.2 Å². The minimum Gasteiger partial charge on any atom is -0.450 e. The van der Waals surface area contributed by atoms with Gasteiger partial charge in [0.2, 0.25) is 0 Å². The molecule has 3 aromatic rings. The van der Waals surface area contributed by atoms with Crippen LogP contribution in [-0.2, 0) is 4.74 Å². The van der Waals surface area contributed by atoms with Gasteiger partial charge in [-0.2, -0.15) is 0 Å². The zero-order chi connectivity index (χ0) is 17.6. The Bertz CT molecular complexity index is 1000. The molecule has 0 saturated heterocycles. The first-order valence-electron chi connectivity index (χ1n) is 7.43. The Morgan fingerprint density at radius 2 is 1.88 bits per heavy atom. The Hall–Kier alpha value is -2.06. The zero-order valence-corrected chi connectivity index (χ0v) is 15.6. The van der Waals surface area contributed by atoms with Crippen LogP contribution in [0, 0.1) is 27.7 Å². The van der Waals surface area contributed by atoms with Gasteiger partial charge in [-0.1, -0.05) is 0 Å². The number of nitrogens with zero attached hydrogens (tertiary/aromatic N) is 2. The lowest BCUT2D eigenvalue weighted by Gasteiger charge is -2.12. The number of thiophene rings is 1. The average Bonchev–Trinajstić information content (AvgIpc) is 2.98. The molecule has 0 saturated carbocycles. The maximum atomic E-state index is 12.3. The summed E-state index contributed by atoms with van der Waals surface area (Å²) in [5.41, 5.74) is 1.39. The lowest BCUT2D eigenvalue weighted by Crippen LogP contribution is -2.17. The highest BCUT2D eigenvalue weighted by atomic mass is 32.1. The van der Waals surface area contributed by atoms with Crippen LogP contribution in [0.1, 0.15) is 49.7 Å². The lowest BCUT2D eigenvalue weighted by molar-refractivity contribution is 0.0325. The van der Waals surface area contributed by atoms with Gasteiger partial charge >= 0.3 is 5.97 Å². The van der Waals surface area contributed by atoms with Gasteiger partial charge in [-0.15, -0.1) is 22.7 Å². The number of thiazole rings is 1. The number of rotatable bonds is 3. The largest absolute Gasteiger partial charge is 0.450 e. The average molecular weight is 363 g/mol. The molecule has 3 heterocycles. The molecule has 1 unspecified atom stereocenters. The van der Waals surface area contributed by atoms with Crippen LogP contribution >= 0.6 is 22.7 Å². The van der Waals surface area contributed by atoms with Crippen molar-refractivity contribution >= 4 is 38.9 Å². The predicted octanol–water partition coefficient (Wildman–Crippen LogP) is 3.59. The van der Waals surface area contributed by atoms with Crippen LogP contribution < -0.4 is 5.56 Å². The molecule has 3 aromatic heterocycles. The lowest BCUT2D eigenvalue weighted by atomic mass is 10.2. The van der Waals surface area contributed by atoms with Crippen molar-refractivity contribution in [2.24, 2.45) is 0 Å². The second-order valence-electron chi connectivity index (χ2n) is 5.61. The smallest absolute Gasteiger partial charge is 0.350 e. The molecule has 126 valence electrons. The molecule has 0 aromatic carbocycles. The maximum absolute atomic E-state index is 12.3. The summed E-state index contributed by atoms with van der Waals surface area (Å²) >= 11 is 2.76. The Morgan fingerprint density at radius 1 is 1.17 bits per heavy atom. The van der Waals surface area contributed by atoms with Gasteiger partial charge in [-0.25, -0.2) is 14.8 Å². The first-order chi connectivity index (χ1) is 11.3. The molecule has 0 bridgehead atoms. The number of H-pyrrole nitrogens is 1. The monoisotopic (exact) mass is 363 g/mol. The van der Waals surface area contributed by atoms with Gasteiger partial charge in [0, 0.05) is 4.88 Å². The van der Waals surface area contributed by atoms with Crippen molar-refractivity contribution in [2.75, 3.05) is 0 Å². The van der Waals surface area contributed by atoms with E-state index in [1.54, 1.807) is 13.8 Å². The fourth-order valence-electron chi connectivity index (χ4n) is 2.45. The van der Waals surface area contributed by atoms with Gasteiger partial charge < -0.3 is 9.72 Å². The summed E-state index contributed by atoms with van der Waals surface area (Å²) in [4.78, 5) is 38.2. The molecule has 0 aliphatic rings. The molecule has 1 atom stereocenters. The van der Waals surface area contributed by atoms with Crippen LogP contribution in [0.2, 0.25) is 0 Å². The third-order valence-electron chi connectivity index (χ3n) is 3.82. The number of esters is 1. The second kappa shape index (κ2) is 6.10. The molecule has 1 N–H and O–H groups in total. The van der Waals surface area contributed by atoms with Crippen molar-refractivity contribution in [1.29, 1.82) is 0 Å². The van der Waals surface area contributed by atoms with Gasteiger partial charge in [0.15, 0.2) is 11.9 Å². The summed E-state index contributed by atoms with van der Waals surface area (Å²) in [6, 6.07) is 0. The zero-order valence-electron chi connectivity index (χ0n) is 14.0. The fraction of sp³-hybridized carbons (Fsp3) is 0.375. The predicted molar refractivity (Wildman–Crippen MR) is 95.1 cm³/mol. The van der Waals surface area contributed by atoms with Crippen molar-refractivity contribution in [2.45, 2.75) is 40.7 Å². The van der Waals surface area contributed by atoms with Crippen LogP contribution in [0.15, 0.2) is 4.79 Å². The van der Waals surface area contributed by atoms with Gasteiger partial charge in [0.05, 0.1) is 16.1 Å². The Balaban J connectivity index is 1.91. The number of aryl methyl sites for hydroxylation is 4. The molecule has 6 nitrogen and oxygen atoms in total. The molecule has 0 fully saturated rings. The van der Waals surface area contributed by atoms with Crippen LogP contribution in [0.3, 0.4) is 0 Å². The summed E-state index contributed by atoms with van der Waals surface area (Å²) in [6.45, 7) is 9.17. The third-order valence-corrected chi connectivity index (χ3v) is 5.97. The van der Waals surface area contributed by atoms with E-state index in [9.17, 15) is 9.59 Å². The molecular formula is C16H17N3O3S2. The van der Waals surface area contributed by atoms with E-state index in [1.807, 2.05) is 20.8 Å². The number of fused-ring (bicyclic) bond motifs is 1. The van der Waals surface area contributed by atoms with E-state index < -0.39 is 12.1 Å². The van der Waals surface area contributed by atoms with E-state index in [1.165, 1.54) is 22.7 Å². The summed E-state index contributed by atoms with van der Waals surface area (Å²) in [5, 5.41) is 1.42. The molecule has 0 spiro atoms. The van der Waals surface area contributed by atoms with Crippen LogP contribution in [-0.4, -0.2) is 20.9 Å². The van der Waals surface area contributed by atoms with Crippen molar-refractivity contribution in [3.63, 3.8) is 0 Å². The van der Waals surface area contributed by atoms with Crippen molar-refractivity contribution in [3.8, 4) is 0 Å². The second-order valence-corrected chi connectivity index (χ2v) is 8.02. The number of ether oxygens (including phenoxy) is 1. The standard InChI is InChI=1S/C16H17N3O3S2/c1-6-9(4)23-15-11(6)14(20)18-13(19-15)8(3)22-16(21)12-7(2)17-10(5)24-12/h8H,1-5H3,(H,18,19,20). The minimum atomic E-state index is -0.654. The summed E-state index contributed by atoms with van der Waals surface area (Å²) in [6.07, 6.45) is -0.654. The van der Waals surface area contributed by atoms with E-state index in [4.69, 9.17) is 4.74 Å². The van der Waals surface area contributed by atoms with Gasteiger partial charge in [-0.3, -0.25) is 4.79 Å². The quantitative estimate of drug-likeness (QED) is 0.719. The minimum absolute atomic E-state index is 0.204. The molecule has 8 heteroatoms. The first-order valence-corrected chi connectivity index (χ1v) is 9.06. The molecule has 0 aliphatic heterocycles. The number of aromatic nitrogens is 3. The number of hydrogen-bond acceptors (Lipinski definition) is 7. The van der Waals surface area contributed by atoms with Crippen LogP contribution in [0.25, 0.3) is 10.2 Å². The summed E-state index contributed by atoms with van der Waals surface area (Å²) < 4.78 is 5.46. The van der Waals surface area contributed by atoms with E-state index in [0.717, 1.165) is 15.4 Å². The van der Waals surface area contributed by atoms with Crippen molar-refractivity contribution in [1.82, 2.24) is 15.0 Å². The Morgan fingerprint density at radius 3 is 2.50 bits per heavy atom. The Kier molecular flexibility index (Phi) is 4.27. The summed E-state index contributed by atoms with van der Waals surface area (Å²) in [7, 11) is 0. The first kappa shape index (κ1) is 16.8. The third kappa shape index (κ3) is 2.87. The van der Waals surface area contributed by atoms with Crippen LogP contribution in [0.4, 0.5) is 0 Å². The normalized spacial score (nSPS) is 12.5. The van der Waals surface area contributed by atoms with Crippen LogP contribution in [0.5, 0.6) is 0 Å². The van der Waals surface area contributed by atoms with Crippen molar-refractivity contribution in [3.05, 3.63) is 42.2 Å².